The molecule has 1 amide bonds. The van der Waals surface area contributed by atoms with Crippen molar-refractivity contribution >= 4 is 6.09 Å². The van der Waals surface area contributed by atoms with Crippen LogP contribution >= 0.6 is 0 Å². The molecule has 1 saturated carbocycles. The van der Waals surface area contributed by atoms with Gasteiger partial charge in [-0.2, -0.15) is 0 Å². The van der Waals surface area contributed by atoms with Crippen LogP contribution in [-0.2, 0) is 11.3 Å². The van der Waals surface area contributed by atoms with Gasteiger partial charge in [0.05, 0.1) is 6.04 Å². The lowest BCUT2D eigenvalue weighted by Crippen LogP contribution is -2.35. The van der Waals surface area contributed by atoms with E-state index in [1.807, 2.05) is 30.3 Å². The maximum Gasteiger partial charge on any atom is 0.411 e. The number of ether oxygens (including phenoxy) is 1. The van der Waals surface area contributed by atoms with Crippen LogP contribution in [0.3, 0.4) is 0 Å². The topological polar surface area (TPSA) is 29.5 Å². The molecule has 0 aromatic heterocycles. The Bertz CT molecular complexity index is 513. The number of carbonyl (C=O) groups is 1. The van der Waals surface area contributed by atoms with E-state index in [2.05, 4.69) is 5.92 Å². The van der Waals surface area contributed by atoms with Crippen LogP contribution in [0.5, 0.6) is 0 Å². The number of benzene rings is 1. The molecule has 0 radical (unpaired) electrons. The van der Waals surface area contributed by atoms with Gasteiger partial charge in [0.25, 0.3) is 0 Å². The second-order valence-electron chi connectivity index (χ2n) is 5.55. The lowest BCUT2D eigenvalue weighted by atomic mass is 10.0. The molecule has 98 valence electrons. The highest BCUT2D eigenvalue weighted by molar-refractivity contribution is 5.69. The van der Waals surface area contributed by atoms with Gasteiger partial charge in [-0.3, -0.25) is 4.90 Å². The van der Waals surface area contributed by atoms with E-state index in [-0.39, 0.29) is 12.1 Å². The number of hydrogen-bond donors (Lipinski definition) is 0. The molecule has 1 heterocycles. The van der Waals surface area contributed by atoms with Crippen molar-refractivity contribution in [2.75, 3.05) is 6.54 Å². The van der Waals surface area contributed by atoms with Gasteiger partial charge in [0.2, 0.25) is 0 Å². The number of carbonyl (C=O) groups excluding carboxylic acids is 1. The molecule has 0 bridgehead atoms. The number of terminal acetylenes is 1. The van der Waals surface area contributed by atoms with Crippen molar-refractivity contribution in [3.05, 3.63) is 35.9 Å². The molecule has 1 unspecified atom stereocenters. The molecule has 1 saturated heterocycles. The van der Waals surface area contributed by atoms with Crippen LogP contribution in [0.2, 0.25) is 0 Å². The first-order valence-electron chi connectivity index (χ1n) is 6.66. The minimum absolute atomic E-state index is 0.0919. The molecule has 1 spiro atoms. The molecule has 2 fully saturated rings. The summed E-state index contributed by atoms with van der Waals surface area (Å²) in [7, 11) is 0. The van der Waals surface area contributed by atoms with Crippen LogP contribution < -0.4 is 0 Å². The summed E-state index contributed by atoms with van der Waals surface area (Å²) in [6.07, 6.45) is 8.55. The van der Waals surface area contributed by atoms with Gasteiger partial charge < -0.3 is 4.74 Å². The lowest BCUT2D eigenvalue weighted by molar-refractivity contribution is 0.0970. The summed E-state index contributed by atoms with van der Waals surface area (Å²) >= 11 is 0. The highest BCUT2D eigenvalue weighted by Gasteiger charge is 2.53. The predicted octanol–water partition coefficient (Wildman–Crippen LogP) is 2.81. The molecule has 3 nitrogen and oxygen atoms in total. The molecule has 1 aliphatic heterocycles. The third-order valence-electron chi connectivity index (χ3n) is 4.10. The fourth-order valence-electron chi connectivity index (χ4n) is 2.74. The van der Waals surface area contributed by atoms with Crippen molar-refractivity contribution in [2.45, 2.75) is 31.9 Å². The average molecular weight is 255 g/mol. The second-order valence-corrected chi connectivity index (χ2v) is 5.55. The van der Waals surface area contributed by atoms with Gasteiger partial charge in [-0.25, -0.2) is 4.79 Å². The summed E-state index contributed by atoms with van der Waals surface area (Å²) in [6.45, 7) is 1.07. The SMILES string of the molecule is C#CC1CC2(CC2)CN1C(=O)OCc1ccccc1. The van der Waals surface area contributed by atoms with Crippen LogP contribution in [-0.4, -0.2) is 23.6 Å². The first-order valence-corrected chi connectivity index (χ1v) is 6.66. The summed E-state index contributed by atoms with van der Waals surface area (Å²) in [5.74, 6) is 2.71. The van der Waals surface area contributed by atoms with E-state index in [0.29, 0.717) is 12.0 Å². The van der Waals surface area contributed by atoms with Crippen molar-refractivity contribution in [3.8, 4) is 12.3 Å². The van der Waals surface area contributed by atoms with Crippen LogP contribution in [0, 0.1) is 17.8 Å². The van der Waals surface area contributed by atoms with E-state index < -0.39 is 0 Å². The van der Waals surface area contributed by atoms with Gasteiger partial charge >= 0.3 is 6.09 Å². The van der Waals surface area contributed by atoms with Crippen molar-refractivity contribution in [1.29, 1.82) is 0 Å². The zero-order chi connectivity index (χ0) is 13.3. The average Bonchev–Trinajstić information content (AvgIpc) is 3.09. The molecule has 1 aliphatic carbocycles. The van der Waals surface area contributed by atoms with Gasteiger partial charge in [-0.1, -0.05) is 36.3 Å². The highest BCUT2D eigenvalue weighted by Crippen LogP contribution is 2.54. The van der Waals surface area contributed by atoms with Crippen molar-refractivity contribution in [2.24, 2.45) is 5.41 Å². The summed E-state index contributed by atoms with van der Waals surface area (Å²) in [5, 5.41) is 0. The molecule has 3 rings (SSSR count). The van der Waals surface area contributed by atoms with E-state index in [1.165, 1.54) is 12.8 Å². The first kappa shape index (κ1) is 12.1. The normalized spacial score (nSPS) is 23.1. The minimum Gasteiger partial charge on any atom is -0.445 e. The fraction of sp³-hybridized carbons (Fsp3) is 0.438. The Morgan fingerprint density at radius 1 is 1.42 bits per heavy atom. The molecular weight excluding hydrogens is 238 g/mol. The molecule has 2 aliphatic rings. The van der Waals surface area contributed by atoms with Crippen LogP contribution in [0.4, 0.5) is 4.79 Å². The Kier molecular flexibility index (Phi) is 2.94. The monoisotopic (exact) mass is 255 g/mol. The Morgan fingerprint density at radius 3 is 2.79 bits per heavy atom. The van der Waals surface area contributed by atoms with Crippen LogP contribution in [0.15, 0.2) is 30.3 Å². The number of rotatable bonds is 2. The van der Waals surface area contributed by atoms with Crippen LogP contribution in [0.1, 0.15) is 24.8 Å². The van der Waals surface area contributed by atoms with E-state index in [0.717, 1.165) is 18.5 Å². The first-order chi connectivity index (χ1) is 9.22. The van der Waals surface area contributed by atoms with Crippen molar-refractivity contribution in [1.82, 2.24) is 4.90 Å². The molecule has 3 heteroatoms. The number of amides is 1. The predicted molar refractivity (Wildman–Crippen MR) is 72.2 cm³/mol. The molecular formula is C16H17NO2. The minimum atomic E-state index is -0.282. The molecule has 19 heavy (non-hydrogen) atoms. The standard InChI is InChI=1S/C16H17NO2/c1-2-14-10-16(8-9-16)12-17(14)15(18)19-11-13-6-4-3-5-7-13/h1,3-7,14H,8-12H2. The fourth-order valence-corrected chi connectivity index (χ4v) is 2.74. The number of hydrogen-bond acceptors (Lipinski definition) is 2. The van der Waals surface area contributed by atoms with Crippen molar-refractivity contribution < 1.29 is 9.53 Å². The van der Waals surface area contributed by atoms with E-state index >= 15 is 0 Å². The van der Waals surface area contributed by atoms with Gasteiger partial charge in [0.15, 0.2) is 0 Å². The largest absolute Gasteiger partial charge is 0.445 e. The van der Waals surface area contributed by atoms with E-state index in [1.54, 1.807) is 4.90 Å². The van der Waals surface area contributed by atoms with Gasteiger partial charge in [-0.05, 0) is 30.2 Å². The Balaban J connectivity index is 1.60. The quantitative estimate of drug-likeness (QED) is 0.760. The number of nitrogens with zero attached hydrogens (tertiary/aromatic N) is 1. The molecule has 1 aromatic carbocycles. The third-order valence-corrected chi connectivity index (χ3v) is 4.10. The van der Waals surface area contributed by atoms with Gasteiger partial charge in [0, 0.05) is 6.54 Å². The maximum absolute atomic E-state index is 12.1. The van der Waals surface area contributed by atoms with Gasteiger partial charge in [-0.15, -0.1) is 6.42 Å². The second kappa shape index (κ2) is 4.62. The molecule has 1 aromatic rings. The van der Waals surface area contributed by atoms with Crippen LogP contribution in [0.25, 0.3) is 0 Å². The molecule has 1 atom stereocenters. The van der Waals surface area contributed by atoms with E-state index in [9.17, 15) is 4.79 Å². The zero-order valence-corrected chi connectivity index (χ0v) is 10.8. The Hall–Kier alpha value is -1.95. The van der Waals surface area contributed by atoms with E-state index in [4.69, 9.17) is 11.2 Å². The molecule has 0 N–H and O–H groups in total. The summed E-state index contributed by atoms with van der Waals surface area (Å²) < 4.78 is 5.36. The third kappa shape index (κ3) is 2.44. The summed E-state index contributed by atoms with van der Waals surface area (Å²) in [4.78, 5) is 13.8. The Labute approximate surface area is 113 Å². The van der Waals surface area contributed by atoms with Gasteiger partial charge in [0.1, 0.15) is 6.61 Å². The zero-order valence-electron chi connectivity index (χ0n) is 10.8. The number of likely N-dealkylation sites (tertiary alicyclic amines) is 1. The Morgan fingerprint density at radius 2 is 2.16 bits per heavy atom. The smallest absolute Gasteiger partial charge is 0.411 e. The van der Waals surface area contributed by atoms with Crippen molar-refractivity contribution in [3.63, 3.8) is 0 Å². The summed E-state index contributed by atoms with van der Waals surface area (Å²) in [6, 6.07) is 9.60. The highest BCUT2D eigenvalue weighted by atomic mass is 16.6. The lowest BCUT2D eigenvalue weighted by Gasteiger charge is -2.20. The maximum atomic E-state index is 12.1. The summed E-state index contributed by atoms with van der Waals surface area (Å²) in [5.41, 5.74) is 1.30.